The van der Waals surface area contributed by atoms with E-state index in [1.807, 2.05) is 18.8 Å². The number of hydrazine groups is 1. The lowest BCUT2D eigenvalue weighted by Gasteiger charge is -2.28. The number of thioether (sulfide) groups is 1. The molecule has 0 aliphatic heterocycles. The number of H-pyrrole nitrogens is 1. The minimum Gasteiger partial charge on any atom is -0.355 e. The summed E-state index contributed by atoms with van der Waals surface area (Å²) in [4.78, 5) is 10.8. The first-order valence-electron chi connectivity index (χ1n) is 6.10. The highest BCUT2D eigenvalue weighted by atomic mass is 32.2. The zero-order valence-electron chi connectivity index (χ0n) is 11.3. The molecule has 1 unspecified atom stereocenters. The van der Waals surface area contributed by atoms with Crippen LogP contribution >= 0.6 is 11.8 Å². The van der Waals surface area contributed by atoms with Gasteiger partial charge in [-0.1, -0.05) is 6.92 Å². The first-order valence-corrected chi connectivity index (χ1v) is 7.50. The normalized spacial score (nSPS) is 12.6. The predicted molar refractivity (Wildman–Crippen MR) is 80.4 cm³/mol. The molecule has 0 saturated carbocycles. The fraction of sp³-hybridized carbons (Fsp3) is 0.545. The topological polar surface area (TPSA) is 95.8 Å². The third-order valence-electron chi connectivity index (χ3n) is 3.13. The van der Waals surface area contributed by atoms with Gasteiger partial charge in [-0.25, -0.2) is 5.84 Å². The minimum absolute atomic E-state index is 0.387. The van der Waals surface area contributed by atoms with Crippen molar-refractivity contribution in [3.8, 4) is 0 Å². The average molecular weight is 281 g/mol. The lowest BCUT2D eigenvalue weighted by atomic mass is 10.2. The zero-order valence-corrected chi connectivity index (χ0v) is 12.2. The molecule has 0 aliphatic rings. The van der Waals surface area contributed by atoms with Crippen molar-refractivity contribution in [3.05, 3.63) is 6.20 Å². The van der Waals surface area contributed by atoms with Crippen LogP contribution in [0.2, 0.25) is 0 Å². The van der Waals surface area contributed by atoms with Crippen LogP contribution in [0, 0.1) is 0 Å². The summed E-state index contributed by atoms with van der Waals surface area (Å²) in [5.41, 5.74) is 3.18. The lowest BCUT2D eigenvalue weighted by Crippen LogP contribution is -2.34. The van der Waals surface area contributed by atoms with Gasteiger partial charge in [-0.15, -0.1) is 0 Å². The second-order valence-electron chi connectivity index (χ2n) is 4.28. The van der Waals surface area contributed by atoms with Gasteiger partial charge in [0.15, 0.2) is 5.65 Å². The van der Waals surface area contributed by atoms with E-state index in [9.17, 15) is 0 Å². The monoisotopic (exact) mass is 281 g/mol. The molecule has 104 valence electrons. The van der Waals surface area contributed by atoms with Crippen LogP contribution in [0.4, 0.5) is 11.8 Å². The van der Waals surface area contributed by atoms with E-state index < -0.39 is 0 Å². The Kier molecular flexibility index (Phi) is 4.43. The van der Waals surface area contributed by atoms with Gasteiger partial charge in [0.05, 0.1) is 11.6 Å². The van der Waals surface area contributed by atoms with E-state index >= 15 is 0 Å². The number of hydrogen-bond acceptors (Lipinski definition) is 7. The number of nitrogen functional groups attached to an aromatic ring is 1. The number of aromatic nitrogens is 4. The van der Waals surface area contributed by atoms with Crippen LogP contribution in [0.5, 0.6) is 0 Å². The number of anilines is 2. The predicted octanol–water partition coefficient (Wildman–Crippen LogP) is 1.22. The third-order valence-corrected chi connectivity index (χ3v) is 3.85. The van der Waals surface area contributed by atoms with Gasteiger partial charge in [0.2, 0.25) is 5.95 Å². The Balaban J connectivity index is 2.44. The molecule has 0 aliphatic carbocycles. The molecule has 19 heavy (non-hydrogen) atoms. The molecule has 1 atom stereocenters. The summed E-state index contributed by atoms with van der Waals surface area (Å²) in [7, 11) is 2.04. The molecular weight excluding hydrogens is 262 g/mol. The number of hydrogen-bond donors (Lipinski definition) is 3. The molecule has 0 aromatic carbocycles. The summed E-state index contributed by atoms with van der Waals surface area (Å²) in [5.74, 6) is 7.68. The summed E-state index contributed by atoms with van der Waals surface area (Å²) in [6, 6.07) is 0.411. The van der Waals surface area contributed by atoms with Gasteiger partial charge in [0.25, 0.3) is 0 Å². The van der Waals surface area contributed by atoms with Gasteiger partial charge < -0.3 is 4.90 Å². The summed E-state index contributed by atoms with van der Waals surface area (Å²) in [5, 5.41) is 7.78. The average Bonchev–Trinajstić information content (AvgIpc) is 2.91. The molecule has 0 fully saturated rings. The molecule has 0 spiro atoms. The molecule has 2 aromatic rings. The molecule has 7 nitrogen and oxygen atoms in total. The van der Waals surface area contributed by atoms with Gasteiger partial charge in [-0.2, -0.15) is 26.8 Å². The number of nitrogens with two attached hydrogens (primary N) is 1. The van der Waals surface area contributed by atoms with Crippen molar-refractivity contribution in [2.75, 3.05) is 29.4 Å². The number of nitrogens with one attached hydrogen (secondary N) is 2. The fourth-order valence-electron chi connectivity index (χ4n) is 2.02. The van der Waals surface area contributed by atoms with Crippen molar-refractivity contribution in [2.45, 2.75) is 19.4 Å². The number of fused-ring (bicyclic) bond motifs is 1. The molecule has 0 radical (unpaired) electrons. The number of aromatic amines is 1. The van der Waals surface area contributed by atoms with Crippen LogP contribution in [0.25, 0.3) is 11.0 Å². The highest BCUT2D eigenvalue weighted by Crippen LogP contribution is 2.25. The van der Waals surface area contributed by atoms with E-state index in [-0.39, 0.29) is 0 Å². The zero-order chi connectivity index (χ0) is 13.8. The maximum atomic E-state index is 5.41. The van der Waals surface area contributed by atoms with Crippen LogP contribution in [0.1, 0.15) is 13.3 Å². The molecule has 8 heteroatoms. The van der Waals surface area contributed by atoms with E-state index in [0.717, 1.165) is 23.4 Å². The number of nitrogens with zero attached hydrogens (tertiary/aromatic N) is 4. The Morgan fingerprint density at radius 1 is 1.53 bits per heavy atom. The first-order chi connectivity index (χ1) is 9.21. The fourth-order valence-corrected chi connectivity index (χ4v) is 2.87. The van der Waals surface area contributed by atoms with Crippen LogP contribution < -0.4 is 16.2 Å². The lowest BCUT2D eigenvalue weighted by molar-refractivity contribution is 0.668. The van der Waals surface area contributed by atoms with Gasteiger partial charge >= 0.3 is 0 Å². The molecule has 0 bridgehead atoms. The summed E-state index contributed by atoms with van der Waals surface area (Å²) in [6.07, 6.45) is 4.90. The molecule has 4 N–H and O–H groups in total. The Bertz CT molecular complexity index is 541. The van der Waals surface area contributed by atoms with Crippen molar-refractivity contribution in [2.24, 2.45) is 5.84 Å². The van der Waals surface area contributed by atoms with Gasteiger partial charge in [-0.3, -0.25) is 10.5 Å². The molecule has 2 aromatic heterocycles. The van der Waals surface area contributed by atoms with E-state index in [1.165, 1.54) is 0 Å². The van der Waals surface area contributed by atoms with Gasteiger partial charge in [-0.05, 0) is 12.7 Å². The SMILES string of the molecule is CCC(CSC)N(C)c1nc(NN)nc2[nH]ncc12. The van der Waals surface area contributed by atoms with Crippen molar-refractivity contribution < 1.29 is 0 Å². The Hall–Kier alpha value is -1.54. The third kappa shape index (κ3) is 2.74. The first kappa shape index (κ1) is 13.9. The Morgan fingerprint density at radius 2 is 2.32 bits per heavy atom. The van der Waals surface area contributed by atoms with Crippen molar-refractivity contribution in [3.63, 3.8) is 0 Å². The van der Waals surface area contributed by atoms with E-state index in [1.54, 1.807) is 6.20 Å². The van der Waals surface area contributed by atoms with Crippen LogP contribution in [-0.2, 0) is 0 Å². The van der Waals surface area contributed by atoms with Crippen molar-refractivity contribution in [1.29, 1.82) is 0 Å². The number of rotatable bonds is 6. The molecular formula is C11H19N7S. The highest BCUT2D eigenvalue weighted by molar-refractivity contribution is 7.98. The Labute approximate surface area is 116 Å². The second-order valence-corrected chi connectivity index (χ2v) is 5.19. The minimum atomic E-state index is 0.387. The highest BCUT2D eigenvalue weighted by Gasteiger charge is 2.18. The van der Waals surface area contributed by atoms with Crippen molar-refractivity contribution >= 4 is 34.6 Å². The van der Waals surface area contributed by atoms with Crippen LogP contribution in [0.15, 0.2) is 6.20 Å². The summed E-state index contributed by atoms with van der Waals surface area (Å²) >= 11 is 1.83. The van der Waals surface area contributed by atoms with Gasteiger partial charge in [0, 0.05) is 18.8 Å². The quantitative estimate of drug-likeness (QED) is 0.541. The smallest absolute Gasteiger partial charge is 0.241 e. The summed E-state index contributed by atoms with van der Waals surface area (Å²) in [6.45, 7) is 2.17. The summed E-state index contributed by atoms with van der Waals surface area (Å²) < 4.78 is 0. The maximum Gasteiger partial charge on any atom is 0.241 e. The van der Waals surface area contributed by atoms with Crippen LogP contribution in [0.3, 0.4) is 0 Å². The van der Waals surface area contributed by atoms with E-state index in [2.05, 4.69) is 43.7 Å². The van der Waals surface area contributed by atoms with E-state index in [4.69, 9.17) is 5.84 Å². The van der Waals surface area contributed by atoms with Gasteiger partial charge in [0.1, 0.15) is 5.82 Å². The van der Waals surface area contributed by atoms with Crippen molar-refractivity contribution in [1.82, 2.24) is 20.2 Å². The Morgan fingerprint density at radius 3 is 2.95 bits per heavy atom. The largest absolute Gasteiger partial charge is 0.355 e. The van der Waals surface area contributed by atoms with Crippen LogP contribution in [-0.4, -0.2) is 45.3 Å². The molecule has 2 rings (SSSR count). The molecule has 0 saturated heterocycles. The van der Waals surface area contributed by atoms with E-state index in [0.29, 0.717) is 17.6 Å². The molecule has 0 amide bonds. The maximum absolute atomic E-state index is 5.41. The standard InChI is InChI=1S/C11H19N7S/c1-4-7(6-19-3)18(2)10-8-5-13-17-9(8)14-11(15-10)16-12/h5,7H,4,6,12H2,1-3H3,(H2,13,14,15,16,17). The second kappa shape index (κ2) is 6.07. The molecule has 2 heterocycles.